The smallest absolute Gasteiger partial charge is 0.242 e. The second-order valence-electron chi connectivity index (χ2n) is 7.51. The number of carbonyl (C=O) groups is 2. The number of nitrogens with one attached hydrogen (secondary N) is 1. The van der Waals surface area contributed by atoms with E-state index >= 15 is 0 Å². The Hall–Kier alpha value is -2.66. The van der Waals surface area contributed by atoms with Crippen molar-refractivity contribution in [2.24, 2.45) is 11.7 Å². The van der Waals surface area contributed by atoms with Crippen molar-refractivity contribution in [2.75, 3.05) is 7.05 Å². The first kappa shape index (κ1) is 21.6. The summed E-state index contributed by atoms with van der Waals surface area (Å²) < 4.78 is 0. The van der Waals surface area contributed by atoms with Gasteiger partial charge in [0.2, 0.25) is 11.8 Å². The molecule has 2 aromatic rings. The van der Waals surface area contributed by atoms with Crippen LogP contribution in [0.15, 0.2) is 60.7 Å². The van der Waals surface area contributed by atoms with Crippen LogP contribution in [0.2, 0.25) is 0 Å². The van der Waals surface area contributed by atoms with Gasteiger partial charge >= 0.3 is 0 Å². The number of benzene rings is 2. The van der Waals surface area contributed by atoms with Gasteiger partial charge in [-0.05, 0) is 29.9 Å². The fourth-order valence-electron chi connectivity index (χ4n) is 3.28. The molecule has 0 radical (unpaired) electrons. The number of carbonyl (C=O) groups excluding carboxylic acids is 2. The van der Waals surface area contributed by atoms with Crippen LogP contribution >= 0.6 is 0 Å². The molecule has 0 heterocycles. The standard InChI is InChI=1S/C23H31N3O2/c1-17(2)14-21(22(27)25-3)26(16-19-12-8-5-9-13-19)23(28)20(24)15-18-10-6-4-7-11-18/h4-13,17,20-21H,14-16,24H2,1-3H3,(H,25,27)/t20-,21-/m0/s1. The van der Waals surface area contributed by atoms with Crippen LogP contribution in [0, 0.1) is 5.92 Å². The summed E-state index contributed by atoms with van der Waals surface area (Å²) in [5.41, 5.74) is 8.27. The zero-order valence-electron chi connectivity index (χ0n) is 17.0. The minimum absolute atomic E-state index is 0.162. The third kappa shape index (κ3) is 6.20. The Kier molecular flexibility index (Phi) is 8.20. The number of rotatable bonds is 9. The molecule has 3 N–H and O–H groups in total. The summed E-state index contributed by atoms with van der Waals surface area (Å²) in [5, 5.41) is 2.71. The van der Waals surface area contributed by atoms with Crippen molar-refractivity contribution in [3.63, 3.8) is 0 Å². The molecule has 150 valence electrons. The van der Waals surface area contributed by atoms with Crippen LogP contribution in [0.25, 0.3) is 0 Å². The number of nitrogens with two attached hydrogens (primary N) is 1. The van der Waals surface area contributed by atoms with Crippen molar-refractivity contribution >= 4 is 11.8 Å². The summed E-state index contributed by atoms with van der Waals surface area (Å²) in [5.74, 6) is -0.106. The third-order valence-corrected chi connectivity index (χ3v) is 4.71. The molecule has 0 saturated heterocycles. The highest BCUT2D eigenvalue weighted by atomic mass is 16.2. The predicted octanol–water partition coefficient (Wildman–Crippen LogP) is 2.75. The van der Waals surface area contributed by atoms with E-state index in [0.717, 1.165) is 11.1 Å². The van der Waals surface area contributed by atoms with E-state index in [1.54, 1.807) is 11.9 Å². The maximum Gasteiger partial charge on any atom is 0.242 e. The summed E-state index contributed by atoms with van der Waals surface area (Å²) in [6.07, 6.45) is 1.02. The Labute approximate surface area is 167 Å². The molecule has 5 heteroatoms. The maximum atomic E-state index is 13.3. The topological polar surface area (TPSA) is 75.4 Å². The molecule has 0 fully saturated rings. The summed E-state index contributed by atoms with van der Waals surface area (Å²) in [6, 6.07) is 18.2. The number of hydrogen-bond acceptors (Lipinski definition) is 3. The average Bonchev–Trinajstić information content (AvgIpc) is 2.70. The molecule has 2 aromatic carbocycles. The Morgan fingerprint density at radius 3 is 2.00 bits per heavy atom. The van der Waals surface area contributed by atoms with Gasteiger partial charge in [-0.3, -0.25) is 9.59 Å². The lowest BCUT2D eigenvalue weighted by molar-refractivity contribution is -0.142. The zero-order chi connectivity index (χ0) is 20.5. The minimum Gasteiger partial charge on any atom is -0.357 e. The molecule has 0 unspecified atom stereocenters. The molecule has 0 aromatic heterocycles. The van der Waals surface area contributed by atoms with Crippen molar-refractivity contribution in [1.82, 2.24) is 10.2 Å². The van der Waals surface area contributed by atoms with Crippen molar-refractivity contribution in [3.05, 3.63) is 71.8 Å². The lowest BCUT2D eigenvalue weighted by Gasteiger charge is -2.33. The van der Waals surface area contributed by atoms with Gasteiger partial charge in [0.25, 0.3) is 0 Å². The Bertz CT molecular complexity index is 747. The van der Waals surface area contributed by atoms with Crippen molar-refractivity contribution in [2.45, 2.75) is 45.3 Å². The maximum absolute atomic E-state index is 13.3. The lowest BCUT2D eigenvalue weighted by atomic mass is 9.98. The minimum atomic E-state index is -0.703. The van der Waals surface area contributed by atoms with E-state index in [2.05, 4.69) is 5.32 Å². The van der Waals surface area contributed by atoms with Gasteiger partial charge in [-0.15, -0.1) is 0 Å². The molecular formula is C23H31N3O2. The van der Waals surface area contributed by atoms with Gasteiger partial charge in [0.1, 0.15) is 6.04 Å². The van der Waals surface area contributed by atoms with Crippen LogP contribution in [0.1, 0.15) is 31.4 Å². The third-order valence-electron chi connectivity index (χ3n) is 4.71. The van der Waals surface area contributed by atoms with E-state index in [-0.39, 0.29) is 17.7 Å². The van der Waals surface area contributed by atoms with Gasteiger partial charge in [-0.25, -0.2) is 0 Å². The number of hydrogen-bond donors (Lipinski definition) is 2. The van der Waals surface area contributed by atoms with Crippen LogP contribution in [-0.2, 0) is 22.6 Å². The molecule has 5 nitrogen and oxygen atoms in total. The van der Waals surface area contributed by atoms with Crippen LogP contribution in [0.5, 0.6) is 0 Å². The Morgan fingerprint density at radius 1 is 0.964 bits per heavy atom. The SMILES string of the molecule is CNC(=O)[C@H](CC(C)C)N(Cc1ccccc1)C(=O)[C@@H](N)Cc1ccccc1. The van der Waals surface area contributed by atoms with Crippen LogP contribution in [-0.4, -0.2) is 35.8 Å². The molecule has 2 rings (SSSR count). The monoisotopic (exact) mass is 381 g/mol. The van der Waals surface area contributed by atoms with Gasteiger partial charge in [-0.2, -0.15) is 0 Å². The molecule has 0 bridgehead atoms. The van der Waals surface area contributed by atoms with E-state index in [1.165, 1.54) is 0 Å². The predicted molar refractivity (Wildman–Crippen MR) is 112 cm³/mol. The summed E-state index contributed by atoms with van der Waals surface area (Å²) >= 11 is 0. The van der Waals surface area contributed by atoms with Gasteiger partial charge in [0, 0.05) is 13.6 Å². The lowest BCUT2D eigenvalue weighted by Crippen LogP contribution is -2.54. The summed E-state index contributed by atoms with van der Waals surface area (Å²) in [6.45, 7) is 4.45. The Balaban J connectivity index is 2.29. The van der Waals surface area contributed by atoms with Gasteiger partial charge < -0.3 is 16.0 Å². The summed E-state index contributed by atoms with van der Waals surface area (Å²) in [7, 11) is 1.60. The van der Waals surface area contributed by atoms with E-state index in [9.17, 15) is 9.59 Å². The van der Waals surface area contributed by atoms with Crippen molar-refractivity contribution in [3.8, 4) is 0 Å². The highest BCUT2D eigenvalue weighted by molar-refractivity contribution is 5.89. The van der Waals surface area contributed by atoms with Crippen LogP contribution < -0.4 is 11.1 Å². The molecule has 0 aliphatic heterocycles. The first-order chi connectivity index (χ1) is 13.4. The van der Waals surface area contributed by atoms with E-state index < -0.39 is 12.1 Å². The van der Waals surface area contributed by atoms with E-state index in [0.29, 0.717) is 19.4 Å². The van der Waals surface area contributed by atoms with Crippen LogP contribution in [0.3, 0.4) is 0 Å². The number of likely N-dealkylation sites (N-methyl/N-ethyl adjacent to an activating group) is 1. The quantitative estimate of drug-likeness (QED) is 0.701. The fraction of sp³-hybridized carbons (Fsp3) is 0.391. The van der Waals surface area contributed by atoms with Gasteiger partial charge in [0.05, 0.1) is 6.04 Å². The molecule has 2 atom stereocenters. The highest BCUT2D eigenvalue weighted by Gasteiger charge is 2.32. The van der Waals surface area contributed by atoms with Crippen LogP contribution in [0.4, 0.5) is 0 Å². The fourth-order valence-corrected chi connectivity index (χ4v) is 3.28. The van der Waals surface area contributed by atoms with Crippen molar-refractivity contribution < 1.29 is 9.59 Å². The molecule has 2 amide bonds. The first-order valence-electron chi connectivity index (χ1n) is 9.77. The molecule has 0 aliphatic rings. The molecule has 28 heavy (non-hydrogen) atoms. The second kappa shape index (κ2) is 10.6. The van der Waals surface area contributed by atoms with E-state index in [4.69, 9.17) is 5.73 Å². The zero-order valence-corrected chi connectivity index (χ0v) is 17.0. The molecule has 0 aliphatic carbocycles. The normalized spacial score (nSPS) is 13.0. The molecule has 0 spiro atoms. The number of amides is 2. The number of nitrogens with zero attached hydrogens (tertiary/aromatic N) is 1. The van der Waals surface area contributed by atoms with Gasteiger partial charge in [0.15, 0.2) is 0 Å². The highest BCUT2D eigenvalue weighted by Crippen LogP contribution is 2.18. The largest absolute Gasteiger partial charge is 0.357 e. The van der Waals surface area contributed by atoms with Crippen molar-refractivity contribution in [1.29, 1.82) is 0 Å². The van der Waals surface area contributed by atoms with E-state index in [1.807, 2.05) is 74.5 Å². The molecule has 0 saturated carbocycles. The summed E-state index contributed by atoms with van der Waals surface area (Å²) in [4.78, 5) is 27.6. The van der Waals surface area contributed by atoms with Gasteiger partial charge in [-0.1, -0.05) is 74.5 Å². The average molecular weight is 382 g/mol. The second-order valence-corrected chi connectivity index (χ2v) is 7.51. The first-order valence-corrected chi connectivity index (χ1v) is 9.77. The molecular weight excluding hydrogens is 350 g/mol. The Morgan fingerprint density at radius 2 is 1.50 bits per heavy atom.